The predicted octanol–water partition coefficient (Wildman–Crippen LogP) is 14.4. The number of benzene rings is 6. The van der Waals surface area contributed by atoms with Gasteiger partial charge in [-0.15, -0.1) is 0 Å². The number of hydrogen-bond acceptors (Lipinski definition) is 4. The van der Waals surface area contributed by atoms with E-state index in [9.17, 15) is 0 Å². The lowest BCUT2D eigenvalue weighted by Gasteiger charge is -2.16. The van der Waals surface area contributed by atoms with Crippen molar-refractivity contribution < 1.29 is 0 Å². The lowest BCUT2D eigenvalue weighted by Crippen LogP contribution is -1.98. The molecule has 0 fully saturated rings. The highest BCUT2D eigenvalue weighted by Gasteiger charge is 2.19. The minimum Gasteiger partial charge on any atom is -0.308 e. The van der Waals surface area contributed by atoms with Crippen LogP contribution < -0.4 is 0 Å². The van der Waals surface area contributed by atoms with Crippen molar-refractivity contribution in [3.8, 4) is 67.3 Å². The van der Waals surface area contributed by atoms with Crippen molar-refractivity contribution in [2.24, 2.45) is 0 Å². The summed E-state index contributed by atoms with van der Waals surface area (Å²) in [5, 5.41) is 2.23. The minimum atomic E-state index is 0.956. The summed E-state index contributed by atoms with van der Waals surface area (Å²) in [6.07, 6.45) is 7.47. The molecule has 12 aromatic rings. The van der Waals surface area contributed by atoms with Gasteiger partial charge in [0.15, 0.2) is 0 Å². The maximum Gasteiger partial charge on any atom is 0.0963 e. The summed E-state index contributed by atoms with van der Waals surface area (Å²) in [6.45, 7) is 4.43. The topological polar surface area (TPSA) is 61.4 Å². The largest absolute Gasteiger partial charge is 0.308 e. The molecule has 0 radical (unpaired) electrons. The van der Waals surface area contributed by atoms with Crippen LogP contribution in [0.1, 0.15) is 11.1 Å². The van der Waals surface area contributed by atoms with Crippen LogP contribution in [0.3, 0.4) is 0 Å². The van der Waals surface area contributed by atoms with Gasteiger partial charge in [-0.05, 0) is 155 Å². The second kappa shape index (κ2) is 15.2. The Bertz CT molecular complexity index is 3500. The Hall–Kier alpha value is -8.48. The standard InChI is InChI=1S/C58H40N6/c1-37-33-41(63-53-27-21-39(35-49(53)57-55(63)19-11-31-61-57)45-13-3-5-15-47(45)51-17-7-9-29-59-51)23-25-43(37)44-26-24-42(34-38(44)2)64-54-28-22-40(36-50(54)58-56(64)20-12-32-62-58)46-14-4-6-16-48(46)52-18-8-10-30-60-52/h3-36H,1-2H3. The molecule has 6 aromatic heterocycles. The van der Waals surface area contributed by atoms with Crippen LogP contribution in [-0.4, -0.2) is 29.1 Å². The summed E-state index contributed by atoms with van der Waals surface area (Å²) >= 11 is 0. The van der Waals surface area contributed by atoms with Gasteiger partial charge < -0.3 is 9.13 Å². The van der Waals surface area contributed by atoms with Crippen LogP contribution in [0, 0.1) is 13.8 Å². The van der Waals surface area contributed by atoms with Crippen LogP contribution in [0.2, 0.25) is 0 Å². The molecule has 0 aliphatic rings. The average molecular weight is 821 g/mol. The molecule has 0 amide bonds. The average Bonchev–Trinajstić information content (AvgIpc) is 3.87. The third-order valence-corrected chi connectivity index (χ3v) is 12.6. The van der Waals surface area contributed by atoms with Gasteiger partial charge >= 0.3 is 0 Å². The summed E-state index contributed by atoms with van der Waals surface area (Å²) in [5.74, 6) is 0. The smallest absolute Gasteiger partial charge is 0.0963 e. The second-order valence-electron chi connectivity index (χ2n) is 16.4. The molecule has 0 unspecified atom stereocenters. The highest BCUT2D eigenvalue weighted by molar-refractivity contribution is 6.10. The van der Waals surface area contributed by atoms with Crippen molar-refractivity contribution >= 4 is 43.9 Å². The molecule has 12 rings (SSSR count). The summed E-state index contributed by atoms with van der Waals surface area (Å²) in [5.41, 5.74) is 22.0. The lowest BCUT2D eigenvalue weighted by atomic mass is 9.95. The maximum absolute atomic E-state index is 4.93. The van der Waals surface area contributed by atoms with Crippen LogP contribution >= 0.6 is 0 Å². The fourth-order valence-electron chi connectivity index (χ4n) is 9.70. The van der Waals surface area contributed by atoms with Crippen molar-refractivity contribution in [1.29, 1.82) is 0 Å². The van der Waals surface area contributed by atoms with Gasteiger partial charge in [-0.1, -0.05) is 84.9 Å². The quantitative estimate of drug-likeness (QED) is 0.161. The Morgan fingerprint density at radius 1 is 0.312 bits per heavy atom. The zero-order valence-electron chi connectivity index (χ0n) is 35.3. The molecule has 0 aliphatic heterocycles. The Balaban J connectivity index is 0.915. The highest BCUT2D eigenvalue weighted by atomic mass is 15.0. The molecule has 0 aliphatic carbocycles. The molecular formula is C58H40N6. The first-order valence-electron chi connectivity index (χ1n) is 21.6. The second-order valence-corrected chi connectivity index (χ2v) is 16.4. The zero-order valence-corrected chi connectivity index (χ0v) is 35.3. The summed E-state index contributed by atoms with van der Waals surface area (Å²) < 4.78 is 4.69. The molecule has 0 spiro atoms. The first-order chi connectivity index (χ1) is 31.6. The van der Waals surface area contributed by atoms with Crippen LogP contribution in [0.25, 0.3) is 111 Å². The molecule has 6 aromatic carbocycles. The number of aryl methyl sites for hydroxylation is 2. The Kier molecular flexibility index (Phi) is 8.83. The van der Waals surface area contributed by atoms with Gasteiger partial charge in [0.1, 0.15) is 0 Å². The van der Waals surface area contributed by atoms with E-state index in [4.69, 9.17) is 9.97 Å². The Labute approximate surface area is 370 Å². The third kappa shape index (κ3) is 6.10. The Morgan fingerprint density at radius 3 is 1.16 bits per heavy atom. The van der Waals surface area contributed by atoms with Gasteiger partial charge in [0.2, 0.25) is 0 Å². The van der Waals surface area contributed by atoms with Crippen LogP contribution in [-0.2, 0) is 0 Å². The van der Waals surface area contributed by atoms with Crippen molar-refractivity contribution in [2.75, 3.05) is 0 Å². The molecule has 6 heterocycles. The summed E-state index contributed by atoms with van der Waals surface area (Å²) in [6, 6.07) is 64.6. The van der Waals surface area contributed by atoms with E-state index in [1.165, 1.54) is 22.3 Å². The zero-order chi connectivity index (χ0) is 42.7. The van der Waals surface area contributed by atoms with Crippen LogP contribution in [0.4, 0.5) is 0 Å². The minimum absolute atomic E-state index is 0.956. The molecule has 6 nitrogen and oxygen atoms in total. The van der Waals surface area contributed by atoms with Crippen LogP contribution in [0.5, 0.6) is 0 Å². The van der Waals surface area contributed by atoms with Gasteiger partial charge in [-0.3, -0.25) is 19.9 Å². The Morgan fingerprint density at radius 2 is 0.734 bits per heavy atom. The number of pyridine rings is 4. The van der Waals surface area contributed by atoms with E-state index in [2.05, 4.69) is 179 Å². The van der Waals surface area contributed by atoms with E-state index < -0.39 is 0 Å². The molecule has 0 N–H and O–H groups in total. The van der Waals surface area contributed by atoms with E-state index >= 15 is 0 Å². The fraction of sp³-hybridized carbons (Fsp3) is 0.0345. The number of aromatic nitrogens is 6. The van der Waals surface area contributed by atoms with E-state index in [1.54, 1.807) is 0 Å². The molecule has 302 valence electrons. The molecule has 0 saturated heterocycles. The number of nitrogens with zero attached hydrogens (tertiary/aromatic N) is 6. The monoisotopic (exact) mass is 820 g/mol. The van der Waals surface area contributed by atoms with Crippen molar-refractivity contribution in [1.82, 2.24) is 29.1 Å². The molecular weight excluding hydrogens is 781 g/mol. The van der Waals surface area contributed by atoms with Gasteiger partial charge in [0, 0.05) is 58.1 Å². The van der Waals surface area contributed by atoms with E-state index in [0.29, 0.717) is 0 Å². The molecule has 6 heteroatoms. The molecule has 0 bridgehead atoms. The van der Waals surface area contributed by atoms with Gasteiger partial charge in [0.25, 0.3) is 0 Å². The number of hydrogen-bond donors (Lipinski definition) is 0. The fourth-order valence-corrected chi connectivity index (χ4v) is 9.70. The van der Waals surface area contributed by atoms with E-state index in [1.807, 2.05) is 61.2 Å². The van der Waals surface area contributed by atoms with E-state index in [-0.39, 0.29) is 0 Å². The SMILES string of the molecule is Cc1cc(-n2c3ccc(-c4ccccc4-c4ccccn4)cc3c3ncccc32)ccc1-c1ccc(-n2c3ccc(-c4ccccc4-c4ccccn4)cc3c3ncccc32)cc1C. The predicted molar refractivity (Wildman–Crippen MR) is 263 cm³/mol. The lowest BCUT2D eigenvalue weighted by molar-refractivity contribution is 1.16. The van der Waals surface area contributed by atoms with E-state index in [0.717, 1.165) is 100 Å². The highest BCUT2D eigenvalue weighted by Crippen LogP contribution is 2.40. The van der Waals surface area contributed by atoms with Crippen LogP contribution in [0.15, 0.2) is 207 Å². The van der Waals surface area contributed by atoms with Crippen molar-refractivity contribution in [2.45, 2.75) is 13.8 Å². The normalized spacial score (nSPS) is 11.6. The van der Waals surface area contributed by atoms with Gasteiger partial charge in [-0.2, -0.15) is 0 Å². The molecule has 0 atom stereocenters. The summed E-state index contributed by atoms with van der Waals surface area (Å²) in [4.78, 5) is 19.2. The summed E-state index contributed by atoms with van der Waals surface area (Å²) in [7, 11) is 0. The third-order valence-electron chi connectivity index (χ3n) is 12.6. The van der Waals surface area contributed by atoms with Gasteiger partial charge in [0.05, 0.1) is 44.5 Å². The first-order valence-corrected chi connectivity index (χ1v) is 21.6. The molecule has 0 saturated carbocycles. The van der Waals surface area contributed by atoms with Crippen molar-refractivity contribution in [3.63, 3.8) is 0 Å². The van der Waals surface area contributed by atoms with Gasteiger partial charge in [-0.25, -0.2) is 0 Å². The first kappa shape index (κ1) is 37.3. The maximum atomic E-state index is 4.93. The number of fused-ring (bicyclic) bond motifs is 6. The van der Waals surface area contributed by atoms with Crippen molar-refractivity contribution in [3.05, 3.63) is 218 Å². The molecule has 64 heavy (non-hydrogen) atoms. The number of rotatable bonds is 7.